The lowest BCUT2D eigenvalue weighted by Crippen LogP contribution is -2.25. The van der Waals surface area contributed by atoms with Crippen molar-refractivity contribution < 1.29 is 13.3 Å². The number of sulfone groups is 1. The van der Waals surface area contributed by atoms with Crippen molar-refractivity contribution in [2.24, 2.45) is 0 Å². The van der Waals surface area contributed by atoms with Crippen molar-refractivity contribution in [2.45, 2.75) is 26.8 Å². The Labute approximate surface area is 112 Å². The van der Waals surface area contributed by atoms with Crippen LogP contribution in [0.4, 0.5) is 11.4 Å². The molecule has 0 amide bonds. The summed E-state index contributed by atoms with van der Waals surface area (Å²) in [5.74, 6) is -0.0723. The van der Waals surface area contributed by atoms with Crippen LogP contribution in [0.2, 0.25) is 0 Å². The molecule has 0 fully saturated rings. The van der Waals surface area contributed by atoms with Crippen LogP contribution in [0.25, 0.3) is 0 Å². The highest BCUT2D eigenvalue weighted by molar-refractivity contribution is 7.90. The Morgan fingerprint density at radius 3 is 2.32 bits per heavy atom. The van der Waals surface area contributed by atoms with E-state index in [0.29, 0.717) is 5.69 Å². The predicted octanol–water partition coefficient (Wildman–Crippen LogP) is 2.06. The molecule has 0 aromatic heterocycles. The van der Waals surface area contributed by atoms with Crippen molar-refractivity contribution >= 4 is 21.2 Å². The minimum atomic E-state index is -3.13. The molecule has 1 atom stereocenters. The first-order valence-electron chi connectivity index (χ1n) is 5.80. The molecule has 106 valence electrons. The molecule has 6 nitrogen and oxygen atoms in total. The van der Waals surface area contributed by atoms with Gasteiger partial charge in [-0.15, -0.1) is 0 Å². The van der Waals surface area contributed by atoms with E-state index in [1.807, 2.05) is 6.92 Å². The maximum atomic E-state index is 11.2. The molecule has 19 heavy (non-hydrogen) atoms. The van der Waals surface area contributed by atoms with Crippen LogP contribution in [0.1, 0.15) is 18.1 Å². The first kappa shape index (κ1) is 15.4. The second kappa shape index (κ2) is 5.56. The average molecular weight is 286 g/mol. The second-order valence-electron chi connectivity index (χ2n) is 4.85. The maximum absolute atomic E-state index is 11.2. The summed E-state index contributed by atoms with van der Waals surface area (Å²) in [6.07, 6.45) is 1.14. The number of aryl methyl sites for hydroxylation is 2. The van der Waals surface area contributed by atoms with E-state index in [1.165, 1.54) is 6.07 Å². The van der Waals surface area contributed by atoms with E-state index in [1.54, 1.807) is 19.9 Å². The molecule has 0 bridgehead atoms. The van der Waals surface area contributed by atoms with Gasteiger partial charge in [0.15, 0.2) is 0 Å². The molecule has 0 spiro atoms. The number of nitro benzene ring substituents is 1. The molecule has 1 unspecified atom stereocenters. The fraction of sp³-hybridized carbons (Fsp3) is 0.500. The lowest BCUT2D eigenvalue weighted by Gasteiger charge is -2.15. The summed E-state index contributed by atoms with van der Waals surface area (Å²) < 4.78 is 22.4. The number of anilines is 1. The van der Waals surface area contributed by atoms with Crippen molar-refractivity contribution in [1.29, 1.82) is 0 Å². The summed E-state index contributed by atoms with van der Waals surface area (Å²) in [7, 11) is -3.13. The number of rotatable bonds is 5. The van der Waals surface area contributed by atoms with Gasteiger partial charge in [0.25, 0.3) is 5.69 Å². The Kier molecular flexibility index (Phi) is 4.52. The highest BCUT2D eigenvalue weighted by atomic mass is 32.2. The Morgan fingerprint density at radius 1 is 1.32 bits per heavy atom. The van der Waals surface area contributed by atoms with Gasteiger partial charge in [0.05, 0.1) is 10.7 Å². The fourth-order valence-corrected chi connectivity index (χ4v) is 2.82. The van der Waals surface area contributed by atoms with Gasteiger partial charge in [-0.2, -0.15) is 0 Å². The third kappa shape index (κ3) is 4.51. The van der Waals surface area contributed by atoms with E-state index >= 15 is 0 Å². The summed E-state index contributed by atoms with van der Waals surface area (Å²) in [6.45, 7) is 5.33. The van der Waals surface area contributed by atoms with Crippen molar-refractivity contribution in [2.75, 3.05) is 17.3 Å². The van der Waals surface area contributed by atoms with E-state index in [4.69, 9.17) is 0 Å². The first-order valence-corrected chi connectivity index (χ1v) is 7.86. The second-order valence-corrected chi connectivity index (χ2v) is 7.03. The van der Waals surface area contributed by atoms with Crippen LogP contribution in [0.5, 0.6) is 0 Å². The van der Waals surface area contributed by atoms with Gasteiger partial charge in [-0.1, -0.05) is 0 Å². The quantitative estimate of drug-likeness (QED) is 0.661. The maximum Gasteiger partial charge on any atom is 0.292 e. The summed E-state index contributed by atoms with van der Waals surface area (Å²) in [4.78, 5) is 10.5. The molecule has 1 aromatic carbocycles. The molecular formula is C12H18N2O4S. The Balaban J connectivity index is 3.06. The van der Waals surface area contributed by atoms with Gasteiger partial charge < -0.3 is 5.32 Å². The third-order valence-electron chi connectivity index (χ3n) is 2.76. The number of hydrogen-bond acceptors (Lipinski definition) is 5. The van der Waals surface area contributed by atoms with Crippen LogP contribution in [-0.2, 0) is 9.84 Å². The molecule has 0 aliphatic heterocycles. The molecule has 0 aliphatic rings. The third-order valence-corrected chi connectivity index (χ3v) is 3.87. The molecule has 0 radical (unpaired) electrons. The van der Waals surface area contributed by atoms with Gasteiger partial charge in [0, 0.05) is 18.4 Å². The van der Waals surface area contributed by atoms with Gasteiger partial charge >= 0.3 is 0 Å². The zero-order chi connectivity index (χ0) is 14.8. The molecule has 0 saturated heterocycles. The van der Waals surface area contributed by atoms with Crippen LogP contribution in [0.15, 0.2) is 12.1 Å². The Morgan fingerprint density at radius 2 is 1.84 bits per heavy atom. The summed E-state index contributed by atoms with van der Waals surface area (Å²) in [6, 6.07) is 2.77. The largest absolute Gasteiger partial charge is 0.376 e. The predicted molar refractivity (Wildman–Crippen MR) is 75.4 cm³/mol. The van der Waals surface area contributed by atoms with Crippen LogP contribution in [-0.4, -0.2) is 31.4 Å². The van der Waals surface area contributed by atoms with E-state index in [0.717, 1.165) is 17.4 Å². The van der Waals surface area contributed by atoms with Crippen molar-refractivity contribution in [1.82, 2.24) is 0 Å². The van der Waals surface area contributed by atoms with Crippen molar-refractivity contribution in [3.05, 3.63) is 33.4 Å². The monoisotopic (exact) mass is 286 g/mol. The zero-order valence-corrected chi connectivity index (χ0v) is 12.2. The SMILES string of the molecule is Cc1cc(NC(C)CS(C)(=O)=O)c([N+](=O)[O-])cc1C. The zero-order valence-electron chi connectivity index (χ0n) is 11.4. The molecule has 1 rings (SSSR count). The lowest BCUT2D eigenvalue weighted by atomic mass is 10.1. The summed E-state index contributed by atoms with van der Waals surface area (Å²) in [5, 5.41) is 13.9. The van der Waals surface area contributed by atoms with Crippen LogP contribution < -0.4 is 5.32 Å². The number of nitro groups is 1. The molecule has 1 N–H and O–H groups in total. The topological polar surface area (TPSA) is 89.3 Å². The van der Waals surface area contributed by atoms with Crippen LogP contribution in [0, 0.1) is 24.0 Å². The van der Waals surface area contributed by atoms with Gasteiger partial charge in [0.2, 0.25) is 0 Å². The highest BCUT2D eigenvalue weighted by Gasteiger charge is 2.18. The highest BCUT2D eigenvalue weighted by Crippen LogP contribution is 2.28. The number of benzene rings is 1. The first-order chi connectivity index (χ1) is 8.60. The normalized spacial score (nSPS) is 13.1. The number of hydrogen-bond donors (Lipinski definition) is 1. The smallest absolute Gasteiger partial charge is 0.292 e. The molecule has 1 aromatic rings. The van der Waals surface area contributed by atoms with Gasteiger partial charge in [-0.05, 0) is 38.0 Å². The molecule has 7 heteroatoms. The minimum absolute atomic E-state index is 0.0385. The summed E-state index contributed by atoms with van der Waals surface area (Å²) in [5.41, 5.74) is 2.06. The minimum Gasteiger partial charge on any atom is -0.376 e. The molecule has 0 saturated carbocycles. The van der Waals surface area contributed by atoms with Crippen LogP contribution >= 0.6 is 0 Å². The number of nitrogens with zero attached hydrogens (tertiary/aromatic N) is 1. The van der Waals surface area contributed by atoms with Gasteiger partial charge in [0.1, 0.15) is 15.5 Å². The number of nitrogens with one attached hydrogen (secondary N) is 1. The van der Waals surface area contributed by atoms with Crippen molar-refractivity contribution in [3.63, 3.8) is 0 Å². The van der Waals surface area contributed by atoms with Crippen molar-refractivity contribution in [3.8, 4) is 0 Å². The van der Waals surface area contributed by atoms with E-state index in [-0.39, 0.29) is 11.4 Å². The van der Waals surface area contributed by atoms with Gasteiger partial charge in [-0.25, -0.2) is 8.42 Å². The molecule has 0 heterocycles. The lowest BCUT2D eigenvalue weighted by molar-refractivity contribution is -0.384. The van der Waals surface area contributed by atoms with E-state index in [9.17, 15) is 18.5 Å². The molecular weight excluding hydrogens is 268 g/mol. The Hall–Kier alpha value is -1.63. The Bertz CT molecular complexity index is 596. The van der Waals surface area contributed by atoms with Gasteiger partial charge in [-0.3, -0.25) is 10.1 Å². The van der Waals surface area contributed by atoms with E-state index < -0.39 is 20.8 Å². The van der Waals surface area contributed by atoms with E-state index in [2.05, 4.69) is 5.32 Å². The molecule has 0 aliphatic carbocycles. The average Bonchev–Trinajstić information content (AvgIpc) is 2.19. The fourth-order valence-electron chi connectivity index (χ4n) is 1.83. The summed E-state index contributed by atoms with van der Waals surface area (Å²) >= 11 is 0. The standard InChI is InChI=1S/C12H18N2O4S/c1-8-5-11(12(14(15)16)6-9(8)2)13-10(3)7-19(4,17)18/h5-6,10,13H,7H2,1-4H3. The van der Waals surface area contributed by atoms with Crippen LogP contribution in [0.3, 0.4) is 0 Å².